The van der Waals surface area contributed by atoms with Gasteiger partial charge in [-0.2, -0.15) is 0 Å². The van der Waals surface area contributed by atoms with E-state index in [-0.39, 0.29) is 5.60 Å². The molecule has 166 valence electrons. The fourth-order valence-corrected chi connectivity index (χ4v) is 4.95. The number of fused-ring (bicyclic) bond motifs is 1. The summed E-state index contributed by atoms with van der Waals surface area (Å²) in [4.78, 5) is 2.60. The van der Waals surface area contributed by atoms with E-state index in [1.54, 1.807) is 12.7 Å². The number of methoxy groups -OCH3 is 1. The van der Waals surface area contributed by atoms with Gasteiger partial charge in [0.2, 0.25) is 0 Å². The molecule has 2 aromatic carbocycles. The number of ether oxygens (including phenoxy) is 1. The number of aryl methyl sites for hydroxylation is 1. The van der Waals surface area contributed by atoms with Crippen molar-refractivity contribution >= 4 is 10.9 Å². The third-order valence-corrected chi connectivity index (χ3v) is 6.91. The maximum Gasteiger partial charge on any atom is 0.123 e. The molecule has 6 heteroatoms. The Morgan fingerprint density at radius 2 is 1.72 bits per heavy atom. The van der Waals surface area contributed by atoms with Crippen molar-refractivity contribution in [1.82, 2.24) is 24.2 Å². The van der Waals surface area contributed by atoms with Gasteiger partial charge < -0.3 is 14.2 Å². The molecule has 2 aromatic heterocycles. The normalized spacial score (nSPS) is 16.5. The largest absolute Gasteiger partial charge is 0.378 e. The van der Waals surface area contributed by atoms with E-state index in [0.717, 1.165) is 57.5 Å². The van der Waals surface area contributed by atoms with Crippen molar-refractivity contribution in [3.8, 4) is 5.69 Å². The van der Waals surface area contributed by atoms with E-state index in [0.29, 0.717) is 0 Å². The lowest BCUT2D eigenvalue weighted by molar-refractivity contribution is -0.0566. The summed E-state index contributed by atoms with van der Waals surface area (Å²) in [6.45, 7) is 4.37. The van der Waals surface area contributed by atoms with Gasteiger partial charge in [-0.25, -0.2) is 0 Å². The number of hydrogen-bond acceptors (Lipinski definition) is 4. The van der Waals surface area contributed by atoms with Gasteiger partial charge in [0.1, 0.15) is 12.7 Å². The summed E-state index contributed by atoms with van der Waals surface area (Å²) in [6.07, 6.45) is 10.0. The second-order valence-electron chi connectivity index (χ2n) is 8.87. The summed E-state index contributed by atoms with van der Waals surface area (Å²) in [5, 5.41) is 9.05. The van der Waals surface area contributed by atoms with Crippen LogP contribution in [0.25, 0.3) is 16.6 Å². The molecule has 0 unspecified atom stereocenters. The summed E-state index contributed by atoms with van der Waals surface area (Å²) in [5.41, 5.74) is 3.72. The zero-order chi connectivity index (χ0) is 21.8. The Hall–Kier alpha value is -2.96. The van der Waals surface area contributed by atoms with Crippen molar-refractivity contribution in [2.45, 2.75) is 37.8 Å². The van der Waals surface area contributed by atoms with Crippen LogP contribution in [0.4, 0.5) is 0 Å². The molecule has 0 saturated carbocycles. The zero-order valence-corrected chi connectivity index (χ0v) is 18.7. The highest BCUT2D eigenvalue weighted by atomic mass is 16.5. The molecule has 0 radical (unpaired) electrons. The number of nitrogens with zero attached hydrogens (tertiary/aromatic N) is 5. The Balaban J connectivity index is 1.14. The average molecular weight is 430 g/mol. The van der Waals surface area contributed by atoms with E-state index < -0.39 is 0 Å². The predicted molar refractivity (Wildman–Crippen MR) is 127 cm³/mol. The van der Waals surface area contributed by atoms with Gasteiger partial charge in [-0.1, -0.05) is 30.3 Å². The van der Waals surface area contributed by atoms with Gasteiger partial charge in [0, 0.05) is 56.0 Å². The first-order chi connectivity index (χ1) is 15.7. The number of rotatable bonds is 8. The van der Waals surface area contributed by atoms with Gasteiger partial charge in [-0.05, 0) is 55.6 Å². The molecule has 0 spiro atoms. The van der Waals surface area contributed by atoms with Gasteiger partial charge in [0.15, 0.2) is 0 Å². The van der Waals surface area contributed by atoms with Gasteiger partial charge >= 0.3 is 0 Å². The minimum atomic E-state index is -0.0169. The maximum atomic E-state index is 6.04. The Morgan fingerprint density at radius 3 is 2.47 bits per heavy atom. The summed E-state index contributed by atoms with van der Waals surface area (Å²) in [7, 11) is 1.88. The van der Waals surface area contributed by atoms with Crippen molar-refractivity contribution in [3.05, 3.63) is 79.0 Å². The number of aromatic nitrogens is 4. The lowest BCUT2D eigenvalue weighted by Gasteiger charge is -2.41. The van der Waals surface area contributed by atoms with Crippen molar-refractivity contribution in [2.75, 3.05) is 26.7 Å². The maximum absolute atomic E-state index is 6.04. The highest BCUT2D eigenvalue weighted by Gasteiger charge is 2.34. The van der Waals surface area contributed by atoms with Gasteiger partial charge in [0.05, 0.1) is 5.60 Å². The van der Waals surface area contributed by atoms with Crippen LogP contribution in [-0.4, -0.2) is 56.6 Å². The van der Waals surface area contributed by atoms with E-state index in [1.807, 2.05) is 11.7 Å². The average Bonchev–Trinajstić information content (AvgIpc) is 3.51. The van der Waals surface area contributed by atoms with Crippen LogP contribution in [0.3, 0.4) is 0 Å². The third-order valence-electron chi connectivity index (χ3n) is 6.91. The highest BCUT2D eigenvalue weighted by molar-refractivity contribution is 5.82. The molecule has 4 aromatic rings. The zero-order valence-electron chi connectivity index (χ0n) is 18.7. The van der Waals surface area contributed by atoms with Crippen LogP contribution in [0.2, 0.25) is 0 Å². The van der Waals surface area contributed by atoms with Gasteiger partial charge in [-0.15, -0.1) is 10.2 Å². The first-order valence-corrected chi connectivity index (χ1v) is 11.5. The van der Waals surface area contributed by atoms with Crippen LogP contribution < -0.4 is 0 Å². The van der Waals surface area contributed by atoms with Crippen molar-refractivity contribution in [2.24, 2.45) is 0 Å². The van der Waals surface area contributed by atoms with Crippen molar-refractivity contribution < 1.29 is 4.74 Å². The monoisotopic (exact) mass is 429 g/mol. The molecular weight excluding hydrogens is 398 g/mol. The van der Waals surface area contributed by atoms with Crippen molar-refractivity contribution in [1.29, 1.82) is 0 Å². The Labute approximate surface area is 189 Å². The lowest BCUT2D eigenvalue weighted by atomic mass is 9.85. The highest BCUT2D eigenvalue weighted by Crippen LogP contribution is 2.30. The van der Waals surface area contributed by atoms with Crippen LogP contribution >= 0.6 is 0 Å². The summed E-state index contributed by atoms with van der Waals surface area (Å²) in [5.74, 6) is 0. The van der Waals surface area contributed by atoms with E-state index in [4.69, 9.17) is 4.74 Å². The number of piperidine rings is 1. The molecule has 32 heavy (non-hydrogen) atoms. The molecule has 6 nitrogen and oxygen atoms in total. The summed E-state index contributed by atoms with van der Waals surface area (Å²) >= 11 is 0. The second kappa shape index (κ2) is 9.27. The van der Waals surface area contributed by atoms with Crippen LogP contribution in [-0.2, 0) is 17.7 Å². The SMILES string of the molecule is COC1(Cc2ccccc2)CCN(CCCn2ccc3cc(-n4cnnc4)ccc32)CC1. The predicted octanol–water partition coefficient (Wildman–Crippen LogP) is 4.34. The second-order valence-corrected chi connectivity index (χ2v) is 8.87. The Bertz CT molecular complexity index is 1130. The fraction of sp³-hybridized carbons (Fsp3) is 0.385. The molecule has 1 fully saturated rings. The topological polar surface area (TPSA) is 48.1 Å². The number of hydrogen-bond donors (Lipinski definition) is 0. The molecule has 0 aliphatic carbocycles. The summed E-state index contributed by atoms with van der Waals surface area (Å²) in [6, 6.07) is 19.5. The standard InChI is InChI=1S/C26H31N5O/c1-32-26(19-22-6-3-2-4-7-22)11-16-29(17-12-26)13-5-14-30-15-10-23-18-24(8-9-25(23)30)31-20-27-28-21-31/h2-4,6-10,15,18,20-21H,5,11-14,16-17,19H2,1H3. The van der Waals surface area contributed by atoms with Gasteiger partial charge in [0.25, 0.3) is 0 Å². The molecule has 0 amide bonds. The van der Waals surface area contributed by atoms with E-state index in [2.05, 4.69) is 80.5 Å². The molecule has 0 N–H and O–H groups in total. The molecular formula is C26H31N5O. The van der Waals surface area contributed by atoms with Crippen LogP contribution in [0.15, 0.2) is 73.4 Å². The quantitative estimate of drug-likeness (QED) is 0.418. The minimum absolute atomic E-state index is 0.0169. The van der Waals surface area contributed by atoms with Crippen molar-refractivity contribution in [3.63, 3.8) is 0 Å². The molecule has 0 atom stereocenters. The van der Waals surface area contributed by atoms with Crippen LogP contribution in [0.1, 0.15) is 24.8 Å². The lowest BCUT2D eigenvalue weighted by Crippen LogP contribution is -2.47. The Kier molecular flexibility index (Phi) is 6.06. The number of likely N-dealkylation sites (tertiary alicyclic amines) is 1. The van der Waals surface area contributed by atoms with Crippen LogP contribution in [0, 0.1) is 0 Å². The molecule has 0 bridgehead atoms. The fourth-order valence-electron chi connectivity index (χ4n) is 4.95. The first kappa shape index (κ1) is 20.9. The van der Waals surface area contributed by atoms with Gasteiger partial charge in [-0.3, -0.25) is 4.57 Å². The molecule has 1 saturated heterocycles. The first-order valence-electron chi connectivity index (χ1n) is 11.5. The molecule has 5 rings (SSSR count). The molecule has 1 aliphatic heterocycles. The molecule has 3 heterocycles. The van der Waals surface area contributed by atoms with E-state index >= 15 is 0 Å². The molecule has 1 aliphatic rings. The van der Waals surface area contributed by atoms with E-state index in [9.17, 15) is 0 Å². The third kappa shape index (κ3) is 4.47. The summed E-state index contributed by atoms with van der Waals surface area (Å²) < 4.78 is 10.3. The Morgan fingerprint density at radius 1 is 0.938 bits per heavy atom. The minimum Gasteiger partial charge on any atom is -0.378 e. The smallest absolute Gasteiger partial charge is 0.123 e. The van der Waals surface area contributed by atoms with E-state index in [1.165, 1.54) is 16.5 Å². The number of benzene rings is 2. The van der Waals surface area contributed by atoms with Crippen LogP contribution in [0.5, 0.6) is 0 Å².